The Morgan fingerprint density at radius 1 is 1.14 bits per heavy atom. The Labute approximate surface area is 124 Å². The van der Waals surface area contributed by atoms with Gasteiger partial charge in [-0.05, 0) is 24.6 Å². The van der Waals surface area contributed by atoms with Crippen molar-refractivity contribution < 1.29 is 13.2 Å². The highest BCUT2D eigenvalue weighted by Gasteiger charge is 2.29. The summed E-state index contributed by atoms with van der Waals surface area (Å²) in [5.41, 5.74) is -0.548. The van der Waals surface area contributed by atoms with Gasteiger partial charge in [0, 0.05) is 11.6 Å². The van der Waals surface area contributed by atoms with E-state index in [1.54, 1.807) is 0 Å². The number of benzene rings is 1. The van der Waals surface area contributed by atoms with Crippen LogP contribution in [0.15, 0.2) is 27.8 Å². The maximum absolute atomic E-state index is 12.1. The van der Waals surface area contributed by atoms with Gasteiger partial charge >= 0.3 is 11.1 Å². The molecular weight excluding hydrogens is 310 g/mol. The summed E-state index contributed by atoms with van der Waals surface area (Å²) in [5, 5.41) is 2.66. The van der Waals surface area contributed by atoms with Crippen LogP contribution >= 0.6 is 0 Å². The summed E-state index contributed by atoms with van der Waals surface area (Å²) < 4.78 is 22.8. The van der Waals surface area contributed by atoms with Crippen molar-refractivity contribution in [2.75, 3.05) is 11.5 Å². The minimum atomic E-state index is -3.07. The third kappa shape index (κ3) is 2.80. The number of aromatic nitrogens is 2. The van der Waals surface area contributed by atoms with Crippen LogP contribution in [0.5, 0.6) is 0 Å². The number of aromatic amines is 2. The van der Waals surface area contributed by atoms with Crippen LogP contribution in [0.3, 0.4) is 0 Å². The van der Waals surface area contributed by atoms with Gasteiger partial charge in [0.1, 0.15) is 0 Å². The molecule has 0 aliphatic carbocycles. The van der Waals surface area contributed by atoms with E-state index in [-0.39, 0.29) is 17.1 Å². The molecule has 1 aliphatic rings. The van der Waals surface area contributed by atoms with E-state index in [1.165, 1.54) is 18.2 Å². The number of nitrogens with one attached hydrogen (secondary N) is 3. The lowest BCUT2D eigenvalue weighted by atomic mass is 10.1. The minimum absolute atomic E-state index is 0.0591. The number of fused-ring (bicyclic) bond motifs is 1. The smallest absolute Gasteiger partial charge is 0.314 e. The number of carbonyl (C=O) groups is 1. The maximum Gasteiger partial charge on any atom is 0.314 e. The van der Waals surface area contributed by atoms with Gasteiger partial charge in [-0.15, -0.1) is 0 Å². The summed E-state index contributed by atoms with van der Waals surface area (Å²) in [4.78, 5) is 39.4. The van der Waals surface area contributed by atoms with Crippen molar-refractivity contribution in [3.05, 3.63) is 44.5 Å². The Kier molecular flexibility index (Phi) is 3.36. The van der Waals surface area contributed by atoms with E-state index in [4.69, 9.17) is 0 Å². The van der Waals surface area contributed by atoms with E-state index in [9.17, 15) is 22.8 Å². The second-order valence-electron chi connectivity index (χ2n) is 5.24. The summed E-state index contributed by atoms with van der Waals surface area (Å²) in [6, 6.07) is 4.04. The Hall–Kier alpha value is -2.42. The van der Waals surface area contributed by atoms with Gasteiger partial charge in [0.05, 0.1) is 22.5 Å². The molecule has 9 heteroatoms. The first-order valence-corrected chi connectivity index (χ1v) is 8.44. The van der Waals surface area contributed by atoms with Gasteiger partial charge in [-0.1, -0.05) is 0 Å². The molecule has 1 aromatic carbocycles. The first kappa shape index (κ1) is 14.5. The van der Waals surface area contributed by atoms with Crippen LogP contribution in [0.2, 0.25) is 0 Å². The third-order valence-corrected chi connectivity index (χ3v) is 5.32. The number of sulfone groups is 1. The SMILES string of the molecule is O=C(NC1CCS(=O)(=O)C1)c1ccc2[nH]c(=O)c(=O)[nH]c2c1. The van der Waals surface area contributed by atoms with E-state index in [2.05, 4.69) is 15.3 Å². The van der Waals surface area contributed by atoms with E-state index < -0.39 is 32.9 Å². The number of hydrogen-bond acceptors (Lipinski definition) is 5. The summed E-state index contributed by atoms with van der Waals surface area (Å²) in [7, 11) is -3.07. The average molecular weight is 323 g/mol. The van der Waals surface area contributed by atoms with Crippen molar-refractivity contribution in [3.8, 4) is 0 Å². The number of carbonyl (C=O) groups excluding carboxylic acids is 1. The van der Waals surface area contributed by atoms with Gasteiger partial charge in [0.2, 0.25) is 0 Å². The molecule has 0 radical (unpaired) electrons. The van der Waals surface area contributed by atoms with Crippen LogP contribution in [0.4, 0.5) is 0 Å². The quantitative estimate of drug-likeness (QED) is 0.619. The molecule has 0 spiro atoms. The van der Waals surface area contributed by atoms with E-state index in [0.717, 1.165) is 0 Å². The van der Waals surface area contributed by atoms with Gasteiger partial charge in [-0.25, -0.2) is 8.42 Å². The van der Waals surface area contributed by atoms with Crippen molar-refractivity contribution in [1.29, 1.82) is 0 Å². The standard InChI is InChI=1S/C13H13N3O5S/c17-11(14-8-3-4-22(20,21)6-8)7-1-2-9-10(5-7)16-13(19)12(18)15-9/h1-2,5,8H,3-4,6H2,(H,14,17)(H,15,18)(H,16,19). The molecule has 1 unspecified atom stereocenters. The molecular formula is C13H13N3O5S. The first-order valence-electron chi connectivity index (χ1n) is 6.62. The van der Waals surface area contributed by atoms with Crippen molar-refractivity contribution in [2.45, 2.75) is 12.5 Å². The molecule has 1 saturated heterocycles. The maximum atomic E-state index is 12.1. The predicted molar refractivity (Wildman–Crippen MR) is 79.7 cm³/mol. The highest BCUT2D eigenvalue weighted by molar-refractivity contribution is 7.91. The summed E-state index contributed by atoms with van der Waals surface area (Å²) in [5.74, 6) is -0.406. The highest BCUT2D eigenvalue weighted by Crippen LogP contribution is 2.13. The molecule has 1 fully saturated rings. The first-order chi connectivity index (χ1) is 10.3. The molecule has 8 nitrogen and oxygen atoms in total. The van der Waals surface area contributed by atoms with Gasteiger partial charge in [0.15, 0.2) is 9.84 Å². The second kappa shape index (κ2) is 5.09. The second-order valence-corrected chi connectivity index (χ2v) is 7.47. The van der Waals surface area contributed by atoms with Crippen LogP contribution in [-0.4, -0.2) is 41.8 Å². The Bertz CT molecular complexity index is 973. The minimum Gasteiger partial charge on any atom is -0.348 e. The fourth-order valence-corrected chi connectivity index (χ4v) is 4.11. The number of H-pyrrole nitrogens is 2. The third-order valence-electron chi connectivity index (χ3n) is 3.55. The lowest BCUT2D eigenvalue weighted by molar-refractivity contribution is 0.0941. The van der Waals surface area contributed by atoms with Crippen LogP contribution in [0, 0.1) is 0 Å². The average Bonchev–Trinajstić information content (AvgIpc) is 2.78. The molecule has 1 amide bonds. The molecule has 2 heterocycles. The zero-order chi connectivity index (χ0) is 15.9. The lowest BCUT2D eigenvalue weighted by Crippen LogP contribution is -2.35. The monoisotopic (exact) mass is 323 g/mol. The van der Waals surface area contributed by atoms with E-state index in [0.29, 0.717) is 17.5 Å². The van der Waals surface area contributed by atoms with Crippen molar-refractivity contribution in [2.24, 2.45) is 0 Å². The fourth-order valence-electron chi connectivity index (χ4n) is 2.43. The Balaban J connectivity index is 1.87. The molecule has 3 N–H and O–H groups in total. The van der Waals surface area contributed by atoms with Crippen LogP contribution in [0.1, 0.15) is 16.8 Å². The van der Waals surface area contributed by atoms with E-state index in [1.807, 2.05) is 0 Å². The number of hydrogen-bond donors (Lipinski definition) is 3. The topological polar surface area (TPSA) is 129 Å². The molecule has 1 aromatic heterocycles. The molecule has 2 aromatic rings. The Morgan fingerprint density at radius 2 is 1.82 bits per heavy atom. The predicted octanol–water partition coefficient (Wildman–Crippen LogP) is -0.867. The summed E-state index contributed by atoms with van der Waals surface area (Å²) in [6.45, 7) is 0. The van der Waals surface area contributed by atoms with Crippen LogP contribution in [0.25, 0.3) is 11.0 Å². The van der Waals surface area contributed by atoms with Gasteiger partial charge in [0.25, 0.3) is 5.91 Å². The lowest BCUT2D eigenvalue weighted by Gasteiger charge is -2.11. The zero-order valence-corrected chi connectivity index (χ0v) is 12.2. The summed E-state index contributed by atoms with van der Waals surface area (Å²) >= 11 is 0. The van der Waals surface area contributed by atoms with Crippen LogP contribution in [-0.2, 0) is 9.84 Å². The van der Waals surface area contributed by atoms with Crippen molar-refractivity contribution in [1.82, 2.24) is 15.3 Å². The molecule has 1 atom stereocenters. The largest absolute Gasteiger partial charge is 0.348 e. The van der Waals surface area contributed by atoms with Gasteiger partial charge < -0.3 is 15.3 Å². The Morgan fingerprint density at radius 3 is 2.45 bits per heavy atom. The zero-order valence-electron chi connectivity index (χ0n) is 11.4. The molecule has 0 bridgehead atoms. The summed E-state index contributed by atoms with van der Waals surface area (Å²) in [6.07, 6.45) is 0.395. The molecule has 22 heavy (non-hydrogen) atoms. The van der Waals surface area contributed by atoms with Crippen molar-refractivity contribution >= 4 is 26.8 Å². The number of rotatable bonds is 2. The molecule has 116 valence electrons. The van der Waals surface area contributed by atoms with Gasteiger partial charge in [-0.3, -0.25) is 14.4 Å². The van der Waals surface area contributed by atoms with Gasteiger partial charge in [-0.2, -0.15) is 0 Å². The fraction of sp³-hybridized carbons (Fsp3) is 0.308. The normalized spacial score (nSPS) is 20.1. The van der Waals surface area contributed by atoms with Crippen LogP contribution < -0.4 is 16.4 Å². The number of amides is 1. The molecule has 3 rings (SSSR count). The highest BCUT2D eigenvalue weighted by atomic mass is 32.2. The van der Waals surface area contributed by atoms with Crippen molar-refractivity contribution in [3.63, 3.8) is 0 Å². The van der Waals surface area contributed by atoms with E-state index >= 15 is 0 Å². The molecule has 0 saturated carbocycles. The molecule has 1 aliphatic heterocycles.